The summed E-state index contributed by atoms with van der Waals surface area (Å²) in [6.07, 6.45) is 0. The Balaban J connectivity index is 2.13. The van der Waals surface area contributed by atoms with E-state index in [0.29, 0.717) is 16.7 Å². The molecule has 0 radical (unpaired) electrons. The molecular formula is C16H15FN2O2. The third-order valence-corrected chi connectivity index (χ3v) is 3.65. The molecule has 0 amide bonds. The Morgan fingerprint density at radius 3 is 2.71 bits per heavy atom. The summed E-state index contributed by atoms with van der Waals surface area (Å²) < 4.78 is 20.6. The Bertz CT molecular complexity index is 851. The number of nitrogens with zero attached hydrogens (tertiary/aromatic N) is 1. The topological polar surface area (TPSA) is 47.2 Å². The SMILES string of the molecule is CNC(c1ccc2c(c1)oc(=O)n2C)c1ccccc1F. The number of benzene rings is 2. The number of aryl methyl sites for hydroxylation is 1. The van der Waals surface area contributed by atoms with Crippen molar-refractivity contribution in [2.75, 3.05) is 7.05 Å². The Hall–Kier alpha value is -2.40. The Morgan fingerprint density at radius 2 is 2.00 bits per heavy atom. The second-order valence-corrected chi connectivity index (χ2v) is 4.90. The summed E-state index contributed by atoms with van der Waals surface area (Å²) in [6, 6.07) is 11.8. The van der Waals surface area contributed by atoms with Crippen molar-refractivity contribution < 1.29 is 8.81 Å². The average Bonchev–Trinajstić information content (AvgIpc) is 2.77. The predicted octanol–water partition coefficient (Wildman–Crippen LogP) is 2.58. The molecule has 0 aliphatic heterocycles. The lowest BCUT2D eigenvalue weighted by molar-refractivity contribution is 0.527. The molecule has 0 fully saturated rings. The van der Waals surface area contributed by atoms with Crippen molar-refractivity contribution in [3.8, 4) is 0 Å². The van der Waals surface area contributed by atoms with Crippen molar-refractivity contribution in [3.63, 3.8) is 0 Å². The fourth-order valence-electron chi connectivity index (χ4n) is 2.54. The monoisotopic (exact) mass is 286 g/mol. The highest BCUT2D eigenvalue weighted by Gasteiger charge is 2.17. The number of rotatable bonds is 3. The number of fused-ring (bicyclic) bond motifs is 1. The molecule has 1 aromatic heterocycles. The van der Waals surface area contributed by atoms with Gasteiger partial charge in [-0.05, 0) is 30.8 Å². The first kappa shape index (κ1) is 13.6. The number of oxazole rings is 1. The molecular weight excluding hydrogens is 271 g/mol. The van der Waals surface area contributed by atoms with Gasteiger partial charge in [-0.25, -0.2) is 9.18 Å². The molecule has 108 valence electrons. The van der Waals surface area contributed by atoms with Gasteiger partial charge in [-0.2, -0.15) is 0 Å². The number of halogens is 1. The van der Waals surface area contributed by atoms with Gasteiger partial charge < -0.3 is 9.73 Å². The fourth-order valence-corrected chi connectivity index (χ4v) is 2.54. The molecule has 1 unspecified atom stereocenters. The van der Waals surface area contributed by atoms with E-state index in [1.54, 1.807) is 44.4 Å². The standard InChI is InChI=1S/C16H15FN2O2/c1-18-15(11-5-3-4-6-12(11)17)10-7-8-13-14(9-10)21-16(20)19(13)2/h3-9,15,18H,1-2H3. The van der Waals surface area contributed by atoms with Crippen molar-refractivity contribution in [2.24, 2.45) is 7.05 Å². The van der Waals surface area contributed by atoms with Crippen LogP contribution in [0.4, 0.5) is 4.39 Å². The summed E-state index contributed by atoms with van der Waals surface area (Å²) in [4.78, 5) is 11.5. The Labute approximate surface area is 120 Å². The molecule has 0 saturated heterocycles. The van der Waals surface area contributed by atoms with Crippen LogP contribution in [0.25, 0.3) is 11.1 Å². The van der Waals surface area contributed by atoms with Crippen LogP contribution in [0.1, 0.15) is 17.2 Å². The molecule has 2 aromatic carbocycles. The first-order chi connectivity index (χ1) is 10.1. The molecule has 0 spiro atoms. The van der Waals surface area contributed by atoms with Gasteiger partial charge in [0, 0.05) is 12.6 Å². The molecule has 5 heteroatoms. The van der Waals surface area contributed by atoms with Crippen molar-refractivity contribution in [1.29, 1.82) is 0 Å². The van der Waals surface area contributed by atoms with Crippen LogP contribution in [0.5, 0.6) is 0 Å². The van der Waals surface area contributed by atoms with Gasteiger partial charge in [-0.3, -0.25) is 4.57 Å². The molecule has 21 heavy (non-hydrogen) atoms. The molecule has 0 bridgehead atoms. The molecule has 3 rings (SSSR count). The van der Waals surface area contributed by atoms with Gasteiger partial charge in [-0.15, -0.1) is 0 Å². The maximum absolute atomic E-state index is 14.0. The van der Waals surface area contributed by atoms with E-state index in [0.717, 1.165) is 5.56 Å². The summed E-state index contributed by atoms with van der Waals surface area (Å²) in [5, 5.41) is 3.09. The highest BCUT2D eigenvalue weighted by molar-refractivity contribution is 5.74. The third-order valence-electron chi connectivity index (χ3n) is 3.65. The maximum Gasteiger partial charge on any atom is 0.419 e. The largest absolute Gasteiger partial charge is 0.419 e. The van der Waals surface area contributed by atoms with E-state index in [4.69, 9.17) is 4.42 Å². The van der Waals surface area contributed by atoms with E-state index in [-0.39, 0.29) is 11.9 Å². The molecule has 3 aromatic rings. The van der Waals surface area contributed by atoms with Gasteiger partial charge in [-0.1, -0.05) is 24.3 Å². The molecule has 0 aliphatic carbocycles. The van der Waals surface area contributed by atoms with Gasteiger partial charge in [0.2, 0.25) is 0 Å². The summed E-state index contributed by atoms with van der Waals surface area (Å²) in [7, 11) is 3.42. The number of nitrogens with one attached hydrogen (secondary N) is 1. The fraction of sp³-hybridized carbons (Fsp3) is 0.188. The van der Waals surface area contributed by atoms with Crippen LogP contribution in [-0.4, -0.2) is 11.6 Å². The number of aromatic nitrogens is 1. The Kier molecular flexibility index (Phi) is 3.35. The summed E-state index contributed by atoms with van der Waals surface area (Å²) in [6.45, 7) is 0. The van der Waals surface area contributed by atoms with Gasteiger partial charge in [0.1, 0.15) is 5.82 Å². The van der Waals surface area contributed by atoms with E-state index in [2.05, 4.69) is 5.32 Å². The molecule has 4 nitrogen and oxygen atoms in total. The summed E-state index contributed by atoms with van der Waals surface area (Å²) >= 11 is 0. The average molecular weight is 286 g/mol. The van der Waals surface area contributed by atoms with Crippen LogP contribution < -0.4 is 11.1 Å². The van der Waals surface area contributed by atoms with Crippen LogP contribution in [0.3, 0.4) is 0 Å². The summed E-state index contributed by atoms with van der Waals surface area (Å²) in [5.41, 5.74) is 2.60. The minimum atomic E-state index is -0.408. The summed E-state index contributed by atoms with van der Waals surface area (Å²) in [5.74, 6) is -0.680. The molecule has 0 aliphatic rings. The van der Waals surface area contributed by atoms with Crippen LogP contribution in [0.15, 0.2) is 51.7 Å². The zero-order chi connectivity index (χ0) is 15.0. The lowest BCUT2D eigenvalue weighted by Gasteiger charge is -2.17. The normalized spacial score (nSPS) is 12.7. The lowest BCUT2D eigenvalue weighted by Crippen LogP contribution is -2.18. The van der Waals surface area contributed by atoms with E-state index >= 15 is 0 Å². The van der Waals surface area contributed by atoms with Crippen LogP contribution in [-0.2, 0) is 7.05 Å². The van der Waals surface area contributed by atoms with E-state index in [1.807, 2.05) is 6.07 Å². The first-order valence-corrected chi connectivity index (χ1v) is 6.63. The van der Waals surface area contributed by atoms with Gasteiger partial charge in [0.15, 0.2) is 5.58 Å². The van der Waals surface area contributed by atoms with Gasteiger partial charge in [0.25, 0.3) is 0 Å². The number of hydrogen-bond acceptors (Lipinski definition) is 3. The van der Waals surface area contributed by atoms with Crippen molar-refractivity contribution in [2.45, 2.75) is 6.04 Å². The quantitative estimate of drug-likeness (QED) is 0.805. The second-order valence-electron chi connectivity index (χ2n) is 4.90. The number of hydrogen-bond donors (Lipinski definition) is 1. The zero-order valence-electron chi connectivity index (χ0n) is 11.8. The minimum Gasteiger partial charge on any atom is -0.408 e. The molecule has 1 atom stereocenters. The molecule has 0 saturated carbocycles. The lowest BCUT2D eigenvalue weighted by atomic mass is 9.98. The maximum atomic E-state index is 14.0. The predicted molar refractivity (Wildman–Crippen MR) is 78.8 cm³/mol. The van der Waals surface area contributed by atoms with Crippen molar-refractivity contribution >= 4 is 11.1 Å². The van der Waals surface area contributed by atoms with Gasteiger partial charge >= 0.3 is 5.76 Å². The van der Waals surface area contributed by atoms with Crippen LogP contribution in [0, 0.1) is 5.82 Å². The van der Waals surface area contributed by atoms with Crippen molar-refractivity contribution in [1.82, 2.24) is 9.88 Å². The highest BCUT2D eigenvalue weighted by atomic mass is 19.1. The van der Waals surface area contributed by atoms with Crippen LogP contribution in [0.2, 0.25) is 0 Å². The molecule has 1 heterocycles. The van der Waals surface area contributed by atoms with E-state index in [1.165, 1.54) is 10.6 Å². The minimum absolute atomic E-state index is 0.272. The first-order valence-electron chi connectivity index (χ1n) is 6.63. The Morgan fingerprint density at radius 1 is 1.24 bits per heavy atom. The van der Waals surface area contributed by atoms with E-state index < -0.39 is 5.76 Å². The third kappa shape index (κ3) is 2.25. The second kappa shape index (κ2) is 5.18. The molecule has 1 N–H and O–H groups in total. The highest BCUT2D eigenvalue weighted by Crippen LogP contribution is 2.26. The van der Waals surface area contributed by atoms with Crippen LogP contribution >= 0.6 is 0 Å². The van der Waals surface area contributed by atoms with Crippen molar-refractivity contribution in [3.05, 3.63) is 70.0 Å². The zero-order valence-corrected chi connectivity index (χ0v) is 11.8. The smallest absolute Gasteiger partial charge is 0.408 e. The van der Waals surface area contributed by atoms with E-state index in [9.17, 15) is 9.18 Å². The van der Waals surface area contributed by atoms with Gasteiger partial charge in [0.05, 0.1) is 11.6 Å².